The van der Waals surface area contributed by atoms with Gasteiger partial charge in [-0.05, 0) is 12.8 Å². The quantitative estimate of drug-likeness (QED) is 0.741. The minimum Gasteiger partial charge on any atom is -0.348 e. The third kappa shape index (κ3) is 2.61. The number of rotatable bonds is 4. The van der Waals surface area contributed by atoms with Crippen molar-refractivity contribution in [2.75, 3.05) is 11.9 Å². The van der Waals surface area contributed by atoms with Crippen LogP contribution >= 0.6 is 22.9 Å². The van der Waals surface area contributed by atoms with E-state index < -0.39 is 0 Å². The zero-order valence-corrected chi connectivity index (χ0v) is 10.7. The molecule has 1 unspecified atom stereocenters. The molecule has 14 heavy (non-hydrogen) atoms. The molecule has 0 aliphatic rings. The van der Waals surface area contributed by atoms with E-state index in [1.807, 2.05) is 5.38 Å². The van der Waals surface area contributed by atoms with Crippen molar-refractivity contribution in [3.05, 3.63) is 11.1 Å². The summed E-state index contributed by atoms with van der Waals surface area (Å²) in [7, 11) is 2.08. The van der Waals surface area contributed by atoms with Crippen LogP contribution in [-0.4, -0.2) is 18.1 Å². The number of nitrogens with zero attached hydrogens (tertiary/aromatic N) is 2. The van der Waals surface area contributed by atoms with Gasteiger partial charge in [-0.1, -0.05) is 13.8 Å². The van der Waals surface area contributed by atoms with Crippen molar-refractivity contribution in [1.29, 1.82) is 0 Å². The van der Waals surface area contributed by atoms with E-state index in [2.05, 4.69) is 37.7 Å². The van der Waals surface area contributed by atoms with Gasteiger partial charge in [-0.3, -0.25) is 0 Å². The summed E-state index contributed by atoms with van der Waals surface area (Å²) in [4.78, 5) is 6.66. The second-order valence-electron chi connectivity index (χ2n) is 3.85. The molecule has 0 aromatic carbocycles. The number of alkyl halides is 1. The largest absolute Gasteiger partial charge is 0.348 e. The molecule has 1 heterocycles. The predicted octanol–water partition coefficient (Wildman–Crippen LogP) is 3.36. The second kappa shape index (κ2) is 4.99. The molecule has 80 valence electrons. The number of thiazole rings is 1. The molecule has 1 aromatic heterocycles. The van der Waals surface area contributed by atoms with E-state index in [9.17, 15) is 0 Å². The molecule has 1 rings (SSSR count). The summed E-state index contributed by atoms with van der Waals surface area (Å²) in [6, 6.07) is 0.504. The van der Waals surface area contributed by atoms with Crippen molar-refractivity contribution in [2.24, 2.45) is 5.92 Å². The summed E-state index contributed by atoms with van der Waals surface area (Å²) < 4.78 is 0. The summed E-state index contributed by atoms with van der Waals surface area (Å²) in [6.07, 6.45) is 0. The van der Waals surface area contributed by atoms with Gasteiger partial charge < -0.3 is 4.90 Å². The van der Waals surface area contributed by atoms with Gasteiger partial charge in [0.05, 0.1) is 11.6 Å². The summed E-state index contributed by atoms with van der Waals surface area (Å²) in [5.41, 5.74) is 0.967. The number of hydrogen-bond acceptors (Lipinski definition) is 3. The minimum atomic E-state index is 0.500. The molecular formula is C10H17ClN2S. The normalized spacial score (nSPS) is 13.3. The molecule has 0 spiro atoms. The highest BCUT2D eigenvalue weighted by molar-refractivity contribution is 7.13. The summed E-state index contributed by atoms with van der Waals surface area (Å²) in [5, 5.41) is 3.08. The first kappa shape index (κ1) is 11.8. The van der Waals surface area contributed by atoms with Gasteiger partial charge in [-0.15, -0.1) is 22.9 Å². The average molecular weight is 233 g/mol. The topological polar surface area (TPSA) is 16.1 Å². The maximum absolute atomic E-state index is 5.71. The van der Waals surface area contributed by atoms with Gasteiger partial charge in [0.15, 0.2) is 5.13 Å². The van der Waals surface area contributed by atoms with Crippen LogP contribution in [0, 0.1) is 5.92 Å². The molecule has 0 saturated carbocycles. The summed E-state index contributed by atoms with van der Waals surface area (Å²) in [6.45, 7) is 6.65. The van der Waals surface area contributed by atoms with Crippen LogP contribution in [0.1, 0.15) is 26.5 Å². The lowest BCUT2D eigenvalue weighted by Crippen LogP contribution is -2.33. The highest BCUT2D eigenvalue weighted by Gasteiger charge is 2.16. The Labute approximate surface area is 94.9 Å². The number of anilines is 1. The van der Waals surface area contributed by atoms with E-state index >= 15 is 0 Å². The lowest BCUT2D eigenvalue weighted by molar-refractivity contribution is 0.505. The van der Waals surface area contributed by atoms with Crippen molar-refractivity contribution in [1.82, 2.24) is 4.98 Å². The third-order valence-electron chi connectivity index (χ3n) is 2.55. The molecule has 0 N–H and O–H groups in total. The monoisotopic (exact) mass is 232 g/mol. The Hall–Kier alpha value is -0.280. The van der Waals surface area contributed by atoms with Crippen molar-refractivity contribution in [3.8, 4) is 0 Å². The molecule has 0 radical (unpaired) electrons. The Kier molecular flexibility index (Phi) is 4.20. The highest BCUT2D eigenvalue weighted by Crippen LogP contribution is 2.23. The maximum Gasteiger partial charge on any atom is 0.185 e. The van der Waals surface area contributed by atoms with Crippen LogP contribution in [0.2, 0.25) is 0 Å². The standard InChI is InChI=1S/C10H17ClN2S/c1-7(2)8(3)13(4)10-12-9(5-11)6-14-10/h6-8H,5H2,1-4H3. The fourth-order valence-electron chi connectivity index (χ4n) is 1.14. The molecule has 0 bridgehead atoms. The van der Waals surface area contributed by atoms with Crippen LogP contribution in [-0.2, 0) is 5.88 Å². The number of aromatic nitrogens is 1. The van der Waals surface area contributed by atoms with Gasteiger partial charge >= 0.3 is 0 Å². The van der Waals surface area contributed by atoms with Gasteiger partial charge in [0.25, 0.3) is 0 Å². The first-order chi connectivity index (χ1) is 6.56. The first-order valence-electron chi connectivity index (χ1n) is 4.79. The highest BCUT2D eigenvalue weighted by atomic mass is 35.5. The molecule has 0 amide bonds. The Balaban J connectivity index is 2.73. The average Bonchev–Trinajstić information content (AvgIpc) is 2.63. The molecule has 4 heteroatoms. The van der Waals surface area contributed by atoms with Crippen molar-refractivity contribution < 1.29 is 0 Å². The molecule has 0 aliphatic heterocycles. The summed E-state index contributed by atoms with van der Waals surface area (Å²) in [5.74, 6) is 1.13. The van der Waals surface area contributed by atoms with Gasteiger partial charge in [-0.25, -0.2) is 4.98 Å². The molecule has 0 saturated heterocycles. The third-order valence-corrected chi connectivity index (χ3v) is 3.81. The summed E-state index contributed by atoms with van der Waals surface area (Å²) >= 11 is 7.37. The van der Waals surface area contributed by atoms with Crippen LogP contribution in [0.3, 0.4) is 0 Å². The smallest absolute Gasteiger partial charge is 0.185 e. The Morgan fingerprint density at radius 1 is 1.50 bits per heavy atom. The molecule has 1 atom stereocenters. The molecule has 1 aromatic rings. The van der Waals surface area contributed by atoms with Crippen molar-refractivity contribution in [2.45, 2.75) is 32.7 Å². The molecular weight excluding hydrogens is 216 g/mol. The van der Waals surface area contributed by atoms with Crippen molar-refractivity contribution in [3.63, 3.8) is 0 Å². The van der Waals surface area contributed by atoms with E-state index in [1.54, 1.807) is 11.3 Å². The fraction of sp³-hybridized carbons (Fsp3) is 0.700. The number of halogens is 1. The second-order valence-corrected chi connectivity index (χ2v) is 4.95. The van der Waals surface area contributed by atoms with Crippen LogP contribution < -0.4 is 4.90 Å². The number of hydrogen-bond donors (Lipinski definition) is 0. The van der Waals surface area contributed by atoms with Crippen LogP contribution in [0.4, 0.5) is 5.13 Å². The van der Waals surface area contributed by atoms with Gasteiger partial charge in [-0.2, -0.15) is 0 Å². The lowest BCUT2D eigenvalue weighted by atomic mass is 10.1. The molecule has 2 nitrogen and oxygen atoms in total. The van der Waals surface area contributed by atoms with Crippen LogP contribution in [0.5, 0.6) is 0 Å². The minimum absolute atomic E-state index is 0.500. The van der Waals surface area contributed by atoms with E-state index in [0.717, 1.165) is 10.8 Å². The zero-order chi connectivity index (χ0) is 10.7. The first-order valence-corrected chi connectivity index (χ1v) is 6.21. The van der Waals surface area contributed by atoms with Gasteiger partial charge in [0, 0.05) is 18.5 Å². The Morgan fingerprint density at radius 3 is 2.57 bits per heavy atom. The molecule has 0 aliphatic carbocycles. The van der Waals surface area contributed by atoms with E-state index in [0.29, 0.717) is 17.8 Å². The maximum atomic E-state index is 5.71. The van der Waals surface area contributed by atoms with E-state index in [1.165, 1.54) is 0 Å². The van der Waals surface area contributed by atoms with Gasteiger partial charge in [0.2, 0.25) is 0 Å². The van der Waals surface area contributed by atoms with E-state index in [4.69, 9.17) is 11.6 Å². The van der Waals surface area contributed by atoms with Gasteiger partial charge in [0.1, 0.15) is 0 Å². The van der Waals surface area contributed by atoms with Crippen LogP contribution in [0.15, 0.2) is 5.38 Å². The Morgan fingerprint density at radius 2 is 2.14 bits per heavy atom. The Bertz CT molecular complexity index is 285. The lowest BCUT2D eigenvalue weighted by Gasteiger charge is -2.27. The van der Waals surface area contributed by atoms with Crippen molar-refractivity contribution >= 4 is 28.1 Å². The van der Waals surface area contributed by atoms with Crippen LogP contribution in [0.25, 0.3) is 0 Å². The fourth-order valence-corrected chi connectivity index (χ4v) is 2.25. The molecule has 0 fully saturated rings. The van der Waals surface area contributed by atoms with E-state index in [-0.39, 0.29) is 0 Å². The zero-order valence-electron chi connectivity index (χ0n) is 9.12. The predicted molar refractivity (Wildman–Crippen MR) is 64.4 cm³/mol. The SMILES string of the molecule is CC(C)C(C)N(C)c1nc(CCl)cs1.